The molecule has 25 heavy (non-hydrogen) atoms. The minimum absolute atomic E-state index is 0.0853. The Balaban J connectivity index is 1.63. The van der Waals surface area contributed by atoms with Crippen LogP contribution in [0.5, 0.6) is 0 Å². The quantitative estimate of drug-likeness (QED) is 0.827. The first-order chi connectivity index (χ1) is 12.2. The molecule has 128 valence electrons. The Kier molecular flexibility index (Phi) is 4.01. The van der Waals surface area contributed by atoms with Crippen LogP contribution in [-0.2, 0) is 11.3 Å². The lowest BCUT2D eigenvalue weighted by molar-refractivity contribution is -0.126. The molecular weight excluding hydrogens is 338 g/mol. The number of benzene rings is 1. The van der Waals surface area contributed by atoms with Crippen molar-refractivity contribution in [2.75, 3.05) is 12.8 Å². The fraction of sp³-hybridized carbons (Fsp3) is 0.222. The number of furan rings is 1. The molecule has 0 saturated heterocycles. The third-order valence-electron chi connectivity index (χ3n) is 4.40. The molecule has 0 saturated carbocycles. The van der Waals surface area contributed by atoms with E-state index in [1.54, 1.807) is 29.0 Å². The van der Waals surface area contributed by atoms with Crippen molar-refractivity contribution in [3.63, 3.8) is 0 Å². The second-order valence-electron chi connectivity index (χ2n) is 5.94. The molecule has 2 N–H and O–H groups in total. The van der Waals surface area contributed by atoms with Gasteiger partial charge in [0.25, 0.3) is 5.91 Å². The first-order valence-corrected chi connectivity index (χ1v) is 9.14. The molecular formula is C18H17N3O3S. The van der Waals surface area contributed by atoms with Crippen LogP contribution in [0.4, 0.5) is 4.79 Å². The lowest BCUT2D eigenvalue weighted by Crippen LogP contribution is -2.44. The van der Waals surface area contributed by atoms with E-state index < -0.39 is 6.04 Å². The van der Waals surface area contributed by atoms with Gasteiger partial charge in [0.05, 0.1) is 36.7 Å². The molecule has 0 bridgehead atoms. The highest BCUT2D eigenvalue weighted by atomic mass is 32.2. The van der Waals surface area contributed by atoms with Crippen molar-refractivity contribution >= 4 is 23.7 Å². The number of nitrogens with zero attached hydrogens (tertiary/aromatic N) is 1. The van der Waals surface area contributed by atoms with Crippen LogP contribution < -0.4 is 10.6 Å². The van der Waals surface area contributed by atoms with Gasteiger partial charge in [0.1, 0.15) is 5.76 Å². The third-order valence-corrected chi connectivity index (χ3v) is 5.14. The smallest absolute Gasteiger partial charge is 0.319 e. The van der Waals surface area contributed by atoms with Crippen LogP contribution in [0.2, 0.25) is 0 Å². The van der Waals surface area contributed by atoms with Gasteiger partial charge in [-0.1, -0.05) is 12.1 Å². The molecule has 1 atom stereocenters. The van der Waals surface area contributed by atoms with Gasteiger partial charge in [0.15, 0.2) is 0 Å². The van der Waals surface area contributed by atoms with Crippen molar-refractivity contribution in [1.82, 2.24) is 15.5 Å². The van der Waals surface area contributed by atoms with Gasteiger partial charge in [-0.15, -0.1) is 11.8 Å². The van der Waals surface area contributed by atoms with Gasteiger partial charge in [-0.05, 0) is 36.1 Å². The molecule has 0 radical (unpaired) electrons. The van der Waals surface area contributed by atoms with E-state index in [1.807, 2.05) is 36.6 Å². The molecule has 2 aliphatic heterocycles. The maximum absolute atomic E-state index is 12.9. The second-order valence-corrected chi connectivity index (χ2v) is 6.82. The Morgan fingerprint density at radius 2 is 2.04 bits per heavy atom. The number of nitrogens with one attached hydrogen (secondary N) is 2. The van der Waals surface area contributed by atoms with Gasteiger partial charge >= 0.3 is 6.03 Å². The number of amides is 3. The summed E-state index contributed by atoms with van der Waals surface area (Å²) < 4.78 is 5.34. The van der Waals surface area contributed by atoms with Crippen LogP contribution in [0, 0.1) is 0 Å². The summed E-state index contributed by atoms with van der Waals surface area (Å²) in [7, 11) is 0. The zero-order valence-electron chi connectivity index (χ0n) is 13.6. The minimum atomic E-state index is -0.436. The molecule has 3 amide bonds. The molecule has 1 aromatic heterocycles. The van der Waals surface area contributed by atoms with E-state index in [0.29, 0.717) is 30.1 Å². The highest BCUT2D eigenvalue weighted by Gasteiger charge is 2.40. The molecule has 0 aliphatic carbocycles. The lowest BCUT2D eigenvalue weighted by Gasteiger charge is -2.25. The third kappa shape index (κ3) is 2.91. The van der Waals surface area contributed by atoms with Gasteiger partial charge < -0.3 is 20.0 Å². The number of carbonyl (C=O) groups excluding carboxylic acids is 2. The number of thioether (sulfide) groups is 1. The number of hydrogen-bond acceptors (Lipinski definition) is 4. The van der Waals surface area contributed by atoms with Crippen LogP contribution in [-0.4, -0.2) is 29.6 Å². The topological polar surface area (TPSA) is 74.6 Å². The average molecular weight is 355 g/mol. The summed E-state index contributed by atoms with van der Waals surface area (Å²) in [6.07, 6.45) is 3.59. The van der Waals surface area contributed by atoms with Gasteiger partial charge in [0.2, 0.25) is 0 Å². The van der Waals surface area contributed by atoms with E-state index >= 15 is 0 Å². The van der Waals surface area contributed by atoms with Gasteiger partial charge in [-0.25, -0.2) is 4.79 Å². The normalized spacial score (nSPS) is 19.7. The van der Waals surface area contributed by atoms with Crippen LogP contribution in [0.25, 0.3) is 0 Å². The van der Waals surface area contributed by atoms with E-state index in [4.69, 9.17) is 4.42 Å². The number of hydrogen-bond donors (Lipinski definition) is 2. The molecule has 0 spiro atoms. The van der Waals surface area contributed by atoms with E-state index in [1.165, 1.54) is 0 Å². The van der Waals surface area contributed by atoms with E-state index in [-0.39, 0.29) is 11.9 Å². The maximum Gasteiger partial charge on any atom is 0.319 e. The number of urea groups is 1. The van der Waals surface area contributed by atoms with Crippen LogP contribution >= 0.6 is 11.8 Å². The second kappa shape index (κ2) is 6.33. The Bertz CT molecular complexity index is 843. The molecule has 3 heterocycles. The zero-order valence-corrected chi connectivity index (χ0v) is 14.4. The Labute approximate surface area is 149 Å². The molecule has 4 rings (SSSR count). The highest BCUT2D eigenvalue weighted by Crippen LogP contribution is 2.33. The number of carbonyl (C=O) groups is 2. The molecule has 2 aliphatic rings. The van der Waals surface area contributed by atoms with Crippen molar-refractivity contribution in [3.8, 4) is 0 Å². The Hall–Kier alpha value is -2.67. The summed E-state index contributed by atoms with van der Waals surface area (Å²) in [5, 5.41) is 5.64. The largest absolute Gasteiger partial charge is 0.467 e. The predicted molar refractivity (Wildman–Crippen MR) is 93.8 cm³/mol. The van der Waals surface area contributed by atoms with Gasteiger partial charge in [0, 0.05) is 4.90 Å². The average Bonchev–Trinajstić information content (AvgIpc) is 3.23. The number of rotatable bonds is 4. The molecule has 1 unspecified atom stereocenters. The molecule has 7 heteroatoms. The fourth-order valence-corrected chi connectivity index (χ4v) is 3.60. The van der Waals surface area contributed by atoms with Crippen molar-refractivity contribution in [1.29, 1.82) is 0 Å². The molecule has 1 aromatic carbocycles. The van der Waals surface area contributed by atoms with Crippen LogP contribution in [0.15, 0.2) is 63.2 Å². The first kappa shape index (κ1) is 15.8. The van der Waals surface area contributed by atoms with Crippen LogP contribution in [0.3, 0.4) is 0 Å². The lowest BCUT2D eigenvalue weighted by atomic mass is 9.96. The van der Waals surface area contributed by atoms with Crippen molar-refractivity contribution < 1.29 is 14.0 Å². The van der Waals surface area contributed by atoms with Gasteiger partial charge in [-0.3, -0.25) is 4.79 Å². The highest BCUT2D eigenvalue weighted by molar-refractivity contribution is 7.98. The first-order valence-electron chi connectivity index (χ1n) is 7.92. The van der Waals surface area contributed by atoms with Crippen molar-refractivity contribution in [2.45, 2.75) is 17.5 Å². The van der Waals surface area contributed by atoms with Crippen LogP contribution in [0.1, 0.15) is 17.4 Å². The summed E-state index contributed by atoms with van der Waals surface area (Å²) in [5.41, 5.74) is 2.16. The summed E-state index contributed by atoms with van der Waals surface area (Å²) >= 11 is 1.65. The molecule has 2 aromatic rings. The molecule has 6 nitrogen and oxygen atoms in total. The van der Waals surface area contributed by atoms with Crippen molar-refractivity contribution in [3.05, 3.63) is 65.3 Å². The van der Waals surface area contributed by atoms with E-state index in [2.05, 4.69) is 10.6 Å². The maximum atomic E-state index is 12.9. The summed E-state index contributed by atoms with van der Waals surface area (Å²) in [4.78, 5) is 27.8. The Morgan fingerprint density at radius 1 is 1.24 bits per heavy atom. The summed E-state index contributed by atoms with van der Waals surface area (Å²) in [5.74, 6) is 0.631. The van der Waals surface area contributed by atoms with E-state index in [0.717, 1.165) is 10.5 Å². The Morgan fingerprint density at radius 3 is 2.72 bits per heavy atom. The summed E-state index contributed by atoms with van der Waals surface area (Å²) in [6, 6.07) is 10.8. The standard InChI is InChI=1S/C18H17N3O3S/c1-25-13-6-4-11(5-7-13)16-15-14(19-18(23)20-16)10-21(17(15)22)9-12-3-2-8-24-12/h2-8,16H,9-10H2,1H3,(H2,19,20,23). The fourth-order valence-electron chi connectivity index (χ4n) is 3.19. The summed E-state index contributed by atoms with van der Waals surface area (Å²) in [6.45, 7) is 0.758. The monoisotopic (exact) mass is 355 g/mol. The minimum Gasteiger partial charge on any atom is -0.467 e. The SMILES string of the molecule is CSc1ccc(C2NC(=O)NC3=C2C(=O)N(Cc2ccco2)C3)cc1. The van der Waals surface area contributed by atoms with Crippen molar-refractivity contribution in [2.24, 2.45) is 0 Å². The zero-order chi connectivity index (χ0) is 17.4. The predicted octanol–water partition coefficient (Wildman–Crippen LogP) is 2.65. The van der Waals surface area contributed by atoms with Gasteiger partial charge in [-0.2, -0.15) is 0 Å². The molecule has 0 fully saturated rings. The van der Waals surface area contributed by atoms with E-state index in [9.17, 15) is 9.59 Å².